The fourth-order valence-electron chi connectivity index (χ4n) is 7.72. The van der Waals surface area contributed by atoms with E-state index in [9.17, 15) is 0 Å². The summed E-state index contributed by atoms with van der Waals surface area (Å²) in [5, 5.41) is 7.49. The maximum atomic E-state index is 2.45. The monoisotopic (exact) mass is 694 g/mol. The molecule has 0 unspecified atom stereocenters. The van der Waals surface area contributed by atoms with Gasteiger partial charge in [-0.2, -0.15) is 0 Å². The number of anilines is 6. The molecule has 0 saturated carbocycles. The highest BCUT2D eigenvalue weighted by atomic mass is 32.1. The Kier molecular flexibility index (Phi) is 7.71. The van der Waals surface area contributed by atoms with Crippen molar-refractivity contribution in [3.8, 4) is 11.1 Å². The van der Waals surface area contributed by atoms with E-state index in [-0.39, 0.29) is 0 Å². The van der Waals surface area contributed by atoms with Crippen LogP contribution in [0.4, 0.5) is 34.1 Å². The van der Waals surface area contributed by atoms with Gasteiger partial charge in [0.2, 0.25) is 0 Å². The number of benzene rings is 9. The van der Waals surface area contributed by atoms with Crippen LogP contribution in [0.5, 0.6) is 0 Å². The summed E-state index contributed by atoms with van der Waals surface area (Å²) < 4.78 is 2.58. The SMILES string of the molecule is c1ccc(N(c2ccccc2)c2ccc(N(c3ccc4c(c3)sc3ccccc34)c3cc4ccccc4cc3-c3cccc4ccccc34)cc2)cc1. The van der Waals surface area contributed by atoms with Crippen molar-refractivity contribution in [3.05, 3.63) is 206 Å². The maximum absolute atomic E-state index is 2.45. The smallest absolute Gasteiger partial charge is 0.0546 e. The summed E-state index contributed by atoms with van der Waals surface area (Å²) in [5.74, 6) is 0. The molecule has 1 heterocycles. The van der Waals surface area contributed by atoms with E-state index in [2.05, 4.69) is 216 Å². The zero-order valence-corrected chi connectivity index (χ0v) is 29.7. The van der Waals surface area contributed by atoms with Gasteiger partial charge in [-0.3, -0.25) is 0 Å². The summed E-state index contributed by atoms with van der Waals surface area (Å²) >= 11 is 1.86. The van der Waals surface area contributed by atoms with Crippen molar-refractivity contribution >= 4 is 87.2 Å². The molecule has 0 aliphatic carbocycles. The number of fused-ring (bicyclic) bond motifs is 5. The van der Waals surface area contributed by atoms with Gasteiger partial charge in [-0.15, -0.1) is 11.3 Å². The summed E-state index contributed by atoms with van der Waals surface area (Å²) in [5.41, 5.74) is 9.08. The predicted molar refractivity (Wildman–Crippen MR) is 229 cm³/mol. The Morgan fingerprint density at radius 2 is 0.792 bits per heavy atom. The summed E-state index contributed by atoms with van der Waals surface area (Å²) in [7, 11) is 0. The molecular formula is C50H34N2S. The van der Waals surface area contributed by atoms with Crippen molar-refractivity contribution in [1.82, 2.24) is 0 Å². The Hall–Kier alpha value is -6.68. The highest BCUT2D eigenvalue weighted by molar-refractivity contribution is 7.25. The second-order valence-electron chi connectivity index (χ2n) is 13.4. The predicted octanol–water partition coefficient (Wildman–Crippen LogP) is 15.0. The first-order valence-corrected chi connectivity index (χ1v) is 18.8. The van der Waals surface area contributed by atoms with Gasteiger partial charge in [0.1, 0.15) is 0 Å². The maximum Gasteiger partial charge on any atom is 0.0546 e. The Morgan fingerprint density at radius 1 is 0.283 bits per heavy atom. The molecule has 1 aromatic heterocycles. The van der Waals surface area contributed by atoms with Gasteiger partial charge in [-0.25, -0.2) is 0 Å². The Morgan fingerprint density at radius 3 is 1.51 bits per heavy atom. The van der Waals surface area contributed by atoms with E-state index in [1.54, 1.807) is 0 Å². The molecule has 0 saturated heterocycles. The van der Waals surface area contributed by atoms with E-state index in [4.69, 9.17) is 0 Å². The number of thiophene rings is 1. The minimum Gasteiger partial charge on any atom is -0.311 e. The van der Waals surface area contributed by atoms with Gasteiger partial charge >= 0.3 is 0 Å². The van der Waals surface area contributed by atoms with Crippen molar-refractivity contribution in [1.29, 1.82) is 0 Å². The molecule has 10 aromatic rings. The third-order valence-electron chi connectivity index (χ3n) is 10.2. The summed E-state index contributed by atoms with van der Waals surface area (Å²) in [6.45, 7) is 0. The lowest BCUT2D eigenvalue weighted by Crippen LogP contribution is -2.13. The molecule has 2 nitrogen and oxygen atoms in total. The van der Waals surface area contributed by atoms with Gasteiger partial charge in [0.15, 0.2) is 0 Å². The topological polar surface area (TPSA) is 6.48 Å². The zero-order valence-electron chi connectivity index (χ0n) is 28.9. The third-order valence-corrected chi connectivity index (χ3v) is 11.3. The van der Waals surface area contributed by atoms with Crippen LogP contribution in [-0.2, 0) is 0 Å². The molecule has 0 aliphatic rings. The Balaban J connectivity index is 1.21. The molecule has 0 amide bonds. The Bertz CT molecular complexity index is 2850. The molecule has 250 valence electrons. The lowest BCUT2D eigenvalue weighted by Gasteiger charge is -2.30. The molecule has 0 bridgehead atoms. The number of para-hydroxylation sites is 2. The van der Waals surface area contributed by atoms with Crippen molar-refractivity contribution in [2.45, 2.75) is 0 Å². The first-order valence-electron chi connectivity index (χ1n) is 18.0. The number of nitrogens with zero attached hydrogens (tertiary/aromatic N) is 2. The van der Waals surface area contributed by atoms with Crippen LogP contribution in [0.3, 0.4) is 0 Å². The van der Waals surface area contributed by atoms with Crippen molar-refractivity contribution in [2.24, 2.45) is 0 Å². The van der Waals surface area contributed by atoms with Crippen molar-refractivity contribution in [3.63, 3.8) is 0 Å². The molecule has 10 rings (SSSR count). The van der Waals surface area contributed by atoms with Gasteiger partial charge in [0.25, 0.3) is 0 Å². The highest BCUT2D eigenvalue weighted by Crippen LogP contribution is 2.47. The molecule has 0 radical (unpaired) electrons. The first kappa shape index (κ1) is 31.1. The molecule has 53 heavy (non-hydrogen) atoms. The Labute approximate surface area is 313 Å². The average molecular weight is 695 g/mol. The van der Waals surface area contributed by atoms with Crippen LogP contribution >= 0.6 is 11.3 Å². The number of rotatable bonds is 7. The van der Waals surface area contributed by atoms with Gasteiger partial charge < -0.3 is 9.80 Å². The summed E-state index contributed by atoms with van der Waals surface area (Å²) in [6, 6.07) is 74.7. The quantitative estimate of drug-likeness (QED) is 0.164. The van der Waals surface area contributed by atoms with Gasteiger partial charge in [0.05, 0.1) is 5.69 Å². The summed E-state index contributed by atoms with van der Waals surface area (Å²) in [4.78, 5) is 4.77. The largest absolute Gasteiger partial charge is 0.311 e. The average Bonchev–Trinajstić information content (AvgIpc) is 3.60. The lowest BCUT2D eigenvalue weighted by molar-refractivity contribution is 1.26. The molecule has 0 atom stereocenters. The van der Waals surface area contributed by atoms with Crippen LogP contribution < -0.4 is 9.80 Å². The molecule has 0 aliphatic heterocycles. The summed E-state index contributed by atoms with van der Waals surface area (Å²) in [6.07, 6.45) is 0. The molecule has 0 spiro atoms. The van der Waals surface area contributed by atoms with Crippen LogP contribution in [0.2, 0.25) is 0 Å². The van der Waals surface area contributed by atoms with Crippen molar-refractivity contribution < 1.29 is 0 Å². The van der Waals surface area contributed by atoms with Crippen LogP contribution in [0.15, 0.2) is 206 Å². The van der Waals surface area contributed by atoms with E-state index >= 15 is 0 Å². The second kappa shape index (κ2) is 13.1. The van der Waals surface area contributed by atoms with Crippen LogP contribution in [0, 0.1) is 0 Å². The first-order chi connectivity index (χ1) is 26.3. The van der Waals surface area contributed by atoms with Crippen LogP contribution in [0.1, 0.15) is 0 Å². The van der Waals surface area contributed by atoms with E-state index < -0.39 is 0 Å². The molecule has 9 aromatic carbocycles. The molecule has 0 fully saturated rings. The zero-order chi connectivity index (χ0) is 35.1. The van der Waals surface area contributed by atoms with Crippen molar-refractivity contribution in [2.75, 3.05) is 9.80 Å². The highest BCUT2D eigenvalue weighted by Gasteiger charge is 2.21. The van der Waals surface area contributed by atoms with Crippen LogP contribution in [-0.4, -0.2) is 0 Å². The fraction of sp³-hybridized carbons (Fsp3) is 0. The number of hydrogen-bond donors (Lipinski definition) is 0. The third kappa shape index (κ3) is 5.59. The lowest BCUT2D eigenvalue weighted by atomic mass is 9.93. The normalized spacial score (nSPS) is 11.4. The van der Waals surface area contributed by atoms with E-state index in [1.807, 2.05) is 11.3 Å². The fourth-order valence-corrected chi connectivity index (χ4v) is 8.86. The standard InChI is InChI=1S/C50H34N2S/c1-3-18-38(19-4-1)51(39-20-5-2-6-21-39)40-26-28-41(29-27-40)52(42-30-31-46-45-23-11-12-25-49(45)53-50(46)34-42)48-33-37-16-8-7-15-36(37)32-47(48)44-24-13-17-35-14-9-10-22-43(35)44/h1-34H. The van der Waals surface area contributed by atoms with Gasteiger partial charge in [-0.1, -0.05) is 127 Å². The minimum absolute atomic E-state index is 1.09. The molecule has 0 N–H and O–H groups in total. The van der Waals surface area contributed by atoms with Gasteiger partial charge in [-0.05, 0) is 106 Å². The molecule has 3 heteroatoms. The van der Waals surface area contributed by atoms with E-state index in [0.717, 1.165) is 34.1 Å². The molecular weight excluding hydrogens is 661 g/mol. The minimum atomic E-state index is 1.09. The number of hydrogen-bond acceptors (Lipinski definition) is 3. The van der Waals surface area contributed by atoms with Crippen LogP contribution in [0.25, 0.3) is 52.8 Å². The van der Waals surface area contributed by atoms with E-state index in [1.165, 1.54) is 52.8 Å². The van der Waals surface area contributed by atoms with Gasteiger partial charge in [0, 0.05) is 54.2 Å². The van der Waals surface area contributed by atoms with E-state index in [0.29, 0.717) is 0 Å². The second-order valence-corrected chi connectivity index (χ2v) is 14.5.